The van der Waals surface area contributed by atoms with Crippen molar-refractivity contribution in [3.63, 3.8) is 0 Å². The topological polar surface area (TPSA) is 54.0 Å². The lowest BCUT2D eigenvalue weighted by molar-refractivity contribution is 0.103. The molecule has 0 spiro atoms. The van der Waals surface area contributed by atoms with E-state index in [1.165, 1.54) is 23.5 Å². The van der Waals surface area contributed by atoms with Crippen LogP contribution in [0.15, 0.2) is 60.1 Å². The third kappa shape index (κ3) is 3.48. The summed E-state index contributed by atoms with van der Waals surface area (Å²) < 4.78 is 12.8. The molecule has 2 aromatic heterocycles. The van der Waals surface area contributed by atoms with Crippen molar-refractivity contribution in [2.24, 2.45) is 0 Å². The summed E-state index contributed by atoms with van der Waals surface area (Å²) in [7, 11) is 0. The van der Waals surface area contributed by atoms with E-state index in [0.29, 0.717) is 16.4 Å². The van der Waals surface area contributed by atoms with Gasteiger partial charge in [0.1, 0.15) is 11.6 Å². The Morgan fingerprint density at radius 1 is 1.05 bits per heavy atom. The Morgan fingerprint density at radius 3 is 2.45 bits per heavy atom. The minimum absolute atomic E-state index is 0.156. The minimum atomic E-state index is -0.287. The van der Waals surface area contributed by atoms with Crippen LogP contribution in [0.3, 0.4) is 0 Å². The fraction of sp³-hybridized carbons (Fsp3) is 0. The fourth-order valence-electron chi connectivity index (χ4n) is 1.82. The molecule has 0 saturated heterocycles. The van der Waals surface area contributed by atoms with Crippen LogP contribution in [-0.4, -0.2) is 10.9 Å². The van der Waals surface area contributed by atoms with Crippen LogP contribution >= 0.6 is 11.3 Å². The van der Waals surface area contributed by atoms with Gasteiger partial charge in [0.05, 0.1) is 16.8 Å². The summed E-state index contributed by atoms with van der Waals surface area (Å²) >= 11 is 1.38. The Bertz CT molecular complexity index is 755. The average Bonchev–Trinajstić information content (AvgIpc) is 3.06. The summed E-state index contributed by atoms with van der Waals surface area (Å²) in [5, 5.41) is 7.68. The van der Waals surface area contributed by atoms with E-state index >= 15 is 0 Å². The van der Waals surface area contributed by atoms with Crippen molar-refractivity contribution in [3.8, 4) is 0 Å². The Balaban J connectivity index is 1.65. The first-order chi connectivity index (χ1) is 10.7. The number of anilines is 3. The number of nitrogens with zero attached hydrogens (tertiary/aromatic N) is 1. The monoisotopic (exact) mass is 313 g/mol. The fourth-order valence-corrected chi connectivity index (χ4v) is 2.44. The molecule has 0 radical (unpaired) electrons. The van der Waals surface area contributed by atoms with Gasteiger partial charge in [-0.2, -0.15) is 0 Å². The summed E-state index contributed by atoms with van der Waals surface area (Å²) in [6.07, 6.45) is 1.57. The highest BCUT2D eigenvalue weighted by Gasteiger charge is 2.07. The van der Waals surface area contributed by atoms with Gasteiger partial charge < -0.3 is 10.6 Å². The first-order valence-electron chi connectivity index (χ1n) is 6.54. The van der Waals surface area contributed by atoms with E-state index in [4.69, 9.17) is 0 Å². The highest BCUT2D eigenvalue weighted by Crippen LogP contribution is 2.17. The van der Waals surface area contributed by atoms with Gasteiger partial charge in [-0.3, -0.25) is 4.79 Å². The molecule has 110 valence electrons. The van der Waals surface area contributed by atoms with Gasteiger partial charge in [-0.1, -0.05) is 6.07 Å². The summed E-state index contributed by atoms with van der Waals surface area (Å²) in [4.78, 5) is 16.8. The molecule has 1 amide bonds. The quantitative estimate of drug-likeness (QED) is 0.756. The van der Waals surface area contributed by atoms with Crippen molar-refractivity contribution in [2.45, 2.75) is 0 Å². The largest absolute Gasteiger partial charge is 0.340 e. The van der Waals surface area contributed by atoms with E-state index in [1.807, 2.05) is 11.4 Å². The second kappa shape index (κ2) is 6.36. The Kier molecular flexibility index (Phi) is 4.11. The number of rotatable bonds is 4. The summed E-state index contributed by atoms with van der Waals surface area (Å²) in [6, 6.07) is 13.1. The van der Waals surface area contributed by atoms with Crippen molar-refractivity contribution in [1.29, 1.82) is 0 Å². The van der Waals surface area contributed by atoms with Crippen LogP contribution in [0.2, 0.25) is 0 Å². The molecule has 1 aromatic carbocycles. The van der Waals surface area contributed by atoms with Crippen LogP contribution in [0.1, 0.15) is 9.67 Å². The number of nitrogens with one attached hydrogen (secondary N) is 2. The number of hydrogen-bond donors (Lipinski definition) is 2. The van der Waals surface area contributed by atoms with Crippen LogP contribution in [0.4, 0.5) is 21.6 Å². The van der Waals surface area contributed by atoms with Gasteiger partial charge in [-0.05, 0) is 47.8 Å². The number of pyridine rings is 1. The van der Waals surface area contributed by atoms with E-state index in [1.54, 1.807) is 36.5 Å². The molecule has 0 saturated carbocycles. The second-order valence-electron chi connectivity index (χ2n) is 4.50. The first kappa shape index (κ1) is 14.2. The van der Waals surface area contributed by atoms with Crippen molar-refractivity contribution < 1.29 is 9.18 Å². The van der Waals surface area contributed by atoms with Gasteiger partial charge in [-0.15, -0.1) is 11.3 Å². The predicted octanol–water partition coefficient (Wildman–Crippen LogP) is 4.28. The highest BCUT2D eigenvalue weighted by atomic mass is 32.1. The number of aromatic nitrogens is 1. The SMILES string of the molecule is O=C(Nc1ccc(Nc2ccc(F)cc2)nc1)c1cccs1. The van der Waals surface area contributed by atoms with E-state index in [2.05, 4.69) is 15.6 Å². The summed E-state index contributed by atoms with van der Waals surface area (Å²) in [5.74, 6) is 0.168. The molecule has 4 nitrogen and oxygen atoms in total. The molecule has 2 N–H and O–H groups in total. The molecule has 0 unspecified atom stereocenters. The van der Waals surface area contributed by atoms with Crippen molar-refractivity contribution in [3.05, 3.63) is 70.8 Å². The molecule has 0 aliphatic carbocycles. The number of halogens is 1. The maximum atomic E-state index is 12.8. The zero-order valence-corrected chi connectivity index (χ0v) is 12.2. The second-order valence-corrected chi connectivity index (χ2v) is 5.44. The minimum Gasteiger partial charge on any atom is -0.340 e. The van der Waals surface area contributed by atoms with E-state index in [-0.39, 0.29) is 11.7 Å². The number of carbonyl (C=O) groups excluding carboxylic acids is 1. The molecule has 22 heavy (non-hydrogen) atoms. The van der Waals surface area contributed by atoms with Crippen LogP contribution < -0.4 is 10.6 Å². The molecular formula is C16H12FN3OS. The third-order valence-corrected chi connectivity index (χ3v) is 3.75. The maximum absolute atomic E-state index is 12.8. The van der Waals surface area contributed by atoms with E-state index in [9.17, 15) is 9.18 Å². The van der Waals surface area contributed by atoms with Gasteiger partial charge in [0, 0.05) is 5.69 Å². The smallest absolute Gasteiger partial charge is 0.265 e. The molecule has 2 heterocycles. The van der Waals surface area contributed by atoms with Crippen LogP contribution in [0.25, 0.3) is 0 Å². The Labute approximate surface area is 130 Å². The number of thiophene rings is 1. The van der Waals surface area contributed by atoms with Gasteiger partial charge in [0.2, 0.25) is 0 Å². The molecule has 0 atom stereocenters. The zero-order chi connectivity index (χ0) is 15.4. The lowest BCUT2D eigenvalue weighted by Crippen LogP contribution is -2.10. The number of hydrogen-bond acceptors (Lipinski definition) is 4. The first-order valence-corrected chi connectivity index (χ1v) is 7.42. The zero-order valence-electron chi connectivity index (χ0n) is 11.4. The van der Waals surface area contributed by atoms with Gasteiger partial charge in [0.25, 0.3) is 5.91 Å². The lowest BCUT2D eigenvalue weighted by Gasteiger charge is -2.07. The number of carbonyl (C=O) groups is 1. The van der Waals surface area contributed by atoms with Crippen LogP contribution in [-0.2, 0) is 0 Å². The average molecular weight is 313 g/mol. The highest BCUT2D eigenvalue weighted by molar-refractivity contribution is 7.12. The third-order valence-electron chi connectivity index (χ3n) is 2.88. The number of amides is 1. The molecule has 0 aliphatic rings. The summed E-state index contributed by atoms with van der Waals surface area (Å²) in [5.41, 5.74) is 1.35. The molecular weight excluding hydrogens is 301 g/mol. The molecule has 3 aromatic rings. The van der Waals surface area contributed by atoms with Gasteiger partial charge >= 0.3 is 0 Å². The van der Waals surface area contributed by atoms with Crippen molar-refractivity contribution in [2.75, 3.05) is 10.6 Å². The lowest BCUT2D eigenvalue weighted by atomic mass is 10.3. The normalized spacial score (nSPS) is 10.2. The number of benzene rings is 1. The molecule has 0 aliphatic heterocycles. The Morgan fingerprint density at radius 2 is 1.82 bits per heavy atom. The predicted molar refractivity (Wildman–Crippen MR) is 86.2 cm³/mol. The van der Waals surface area contributed by atoms with Crippen molar-refractivity contribution in [1.82, 2.24) is 4.98 Å². The van der Waals surface area contributed by atoms with E-state index < -0.39 is 0 Å². The summed E-state index contributed by atoms with van der Waals surface area (Å²) in [6.45, 7) is 0. The Hall–Kier alpha value is -2.73. The van der Waals surface area contributed by atoms with E-state index in [0.717, 1.165) is 5.69 Å². The van der Waals surface area contributed by atoms with Gasteiger partial charge in [-0.25, -0.2) is 9.37 Å². The van der Waals surface area contributed by atoms with Crippen LogP contribution in [0.5, 0.6) is 0 Å². The van der Waals surface area contributed by atoms with Crippen LogP contribution in [0, 0.1) is 5.82 Å². The molecule has 0 fully saturated rings. The molecule has 3 rings (SSSR count). The maximum Gasteiger partial charge on any atom is 0.265 e. The molecule has 0 bridgehead atoms. The van der Waals surface area contributed by atoms with Gasteiger partial charge in [0.15, 0.2) is 0 Å². The standard InChI is InChI=1S/C16H12FN3OS/c17-11-3-5-12(6-4-11)19-15-8-7-13(10-18-15)20-16(21)14-2-1-9-22-14/h1-10H,(H,18,19)(H,20,21). The molecule has 6 heteroatoms. The van der Waals surface area contributed by atoms with Crippen molar-refractivity contribution >= 4 is 34.4 Å².